The molecule has 17 heavy (non-hydrogen) atoms. The molecule has 0 saturated carbocycles. The van der Waals surface area contributed by atoms with Crippen molar-refractivity contribution in [3.05, 3.63) is 58.3 Å². The molecular weight excluding hydrogens is 303 g/mol. The summed E-state index contributed by atoms with van der Waals surface area (Å²) in [5.74, 6) is -0.394. The van der Waals surface area contributed by atoms with Crippen LogP contribution in [-0.4, -0.2) is 6.29 Å². The first-order valence-electron chi connectivity index (χ1n) is 4.86. The van der Waals surface area contributed by atoms with Crippen molar-refractivity contribution in [3.63, 3.8) is 0 Å². The van der Waals surface area contributed by atoms with Gasteiger partial charge in [-0.15, -0.1) is 0 Å². The van der Waals surface area contributed by atoms with Gasteiger partial charge in [-0.25, -0.2) is 4.39 Å². The average molecular weight is 311 g/mol. The van der Waals surface area contributed by atoms with Crippen molar-refractivity contribution < 1.29 is 9.18 Å². The van der Waals surface area contributed by atoms with Crippen LogP contribution in [0.3, 0.4) is 0 Å². The van der Waals surface area contributed by atoms with Gasteiger partial charge in [0.15, 0.2) is 0 Å². The minimum atomic E-state index is -0.394. The maximum absolute atomic E-state index is 13.2. The summed E-state index contributed by atoms with van der Waals surface area (Å²) in [6, 6.07) is 12.0. The summed E-state index contributed by atoms with van der Waals surface area (Å²) in [5.41, 5.74) is 0.351. The number of hydrogen-bond donors (Lipinski definition) is 0. The highest BCUT2D eigenvalue weighted by Crippen LogP contribution is 2.29. The van der Waals surface area contributed by atoms with Gasteiger partial charge < -0.3 is 0 Å². The molecule has 0 aromatic heterocycles. The summed E-state index contributed by atoms with van der Waals surface area (Å²) < 4.78 is 14.2. The van der Waals surface area contributed by atoms with Crippen LogP contribution >= 0.6 is 27.7 Å². The molecule has 0 radical (unpaired) electrons. The second-order valence-corrected chi connectivity index (χ2v) is 5.46. The van der Waals surface area contributed by atoms with Crippen molar-refractivity contribution in [2.45, 2.75) is 9.79 Å². The molecule has 0 amide bonds. The van der Waals surface area contributed by atoms with Gasteiger partial charge in [0.05, 0.1) is 0 Å². The SMILES string of the molecule is O=Cc1cc(F)cc(Sc2ccc(Br)cc2)c1. The molecular formula is C13H8BrFOS. The van der Waals surface area contributed by atoms with Crippen molar-refractivity contribution in [3.8, 4) is 0 Å². The van der Waals surface area contributed by atoms with Crippen LogP contribution in [0.15, 0.2) is 56.7 Å². The van der Waals surface area contributed by atoms with Gasteiger partial charge in [0.1, 0.15) is 12.1 Å². The number of hydrogen-bond acceptors (Lipinski definition) is 2. The molecule has 0 saturated heterocycles. The van der Waals surface area contributed by atoms with E-state index in [1.165, 1.54) is 23.9 Å². The van der Waals surface area contributed by atoms with Gasteiger partial charge in [-0.3, -0.25) is 4.79 Å². The molecule has 0 fully saturated rings. The standard InChI is InChI=1S/C13H8BrFOS/c14-10-1-3-12(4-2-10)17-13-6-9(8-16)5-11(15)7-13/h1-8H. The summed E-state index contributed by atoms with van der Waals surface area (Å²) in [6.45, 7) is 0. The zero-order valence-electron chi connectivity index (χ0n) is 8.69. The van der Waals surface area contributed by atoms with Gasteiger partial charge >= 0.3 is 0 Å². The first-order valence-corrected chi connectivity index (χ1v) is 6.47. The smallest absolute Gasteiger partial charge is 0.150 e. The lowest BCUT2D eigenvalue weighted by atomic mass is 10.2. The number of benzene rings is 2. The van der Waals surface area contributed by atoms with Gasteiger partial charge in [-0.1, -0.05) is 27.7 Å². The molecule has 0 aliphatic carbocycles. The van der Waals surface area contributed by atoms with Crippen molar-refractivity contribution in [1.29, 1.82) is 0 Å². The average Bonchev–Trinajstić information content (AvgIpc) is 2.31. The van der Waals surface area contributed by atoms with Crippen LogP contribution in [0.25, 0.3) is 0 Å². The molecule has 0 aliphatic heterocycles. The third-order valence-corrected chi connectivity index (χ3v) is 3.59. The highest BCUT2D eigenvalue weighted by Gasteiger charge is 2.02. The lowest BCUT2D eigenvalue weighted by Gasteiger charge is -2.03. The van der Waals surface area contributed by atoms with E-state index in [9.17, 15) is 9.18 Å². The fourth-order valence-electron chi connectivity index (χ4n) is 1.35. The monoisotopic (exact) mass is 310 g/mol. The molecule has 0 aliphatic rings. The molecule has 2 rings (SSSR count). The van der Waals surface area contributed by atoms with Gasteiger partial charge in [-0.2, -0.15) is 0 Å². The molecule has 0 heterocycles. The number of rotatable bonds is 3. The fraction of sp³-hybridized carbons (Fsp3) is 0. The first kappa shape index (κ1) is 12.3. The molecule has 0 unspecified atom stereocenters. The zero-order chi connectivity index (χ0) is 12.3. The lowest BCUT2D eigenvalue weighted by Crippen LogP contribution is -1.84. The molecule has 4 heteroatoms. The molecule has 2 aromatic carbocycles. The Balaban J connectivity index is 2.26. The van der Waals surface area contributed by atoms with Crippen LogP contribution < -0.4 is 0 Å². The topological polar surface area (TPSA) is 17.1 Å². The third kappa shape index (κ3) is 3.41. The van der Waals surface area contributed by atoms with Crippen LogP contribution in [0, 0.1) is 5.82 Å². The Morgan fingerprint density at radius 1 is 1.06 bits per heavy atom. The Labute approximate surface area is 111 Å². The van der Waals surface area contributed by atoms with Crippen molar-refractivity contribution in [2.24, 2.45) is 0 Å². The largest absolute Gasteiger partial charge is 0.298 e. The zero-order valence-corrected chi connectivity index (χ0v) is 11.1. The molecule has 0 spiro atoms. The Kier molecular flexibility index (Phi) is 3.97. The summed E-state index contributed by atoms with van der Waals surface area (Å²) in [4.78, 5) is 12.3. The number of carbonyl (C=O) groups excluding carboxylic acids is 1. The van der Waals surface area contributed by atoms with E-state index in [4.69, 9.17) is 0 Å². The van der Waals surface area contributed by atoms with Crippen LogP contribution in [0.1, 0.15) is 10.4 Å². The number of carbonyl (C=O) groups is 1. The highest BCUT2D eigenvalue weighted by molar-refractivity contribution is 9.10. The highest BCUT2D eigenvalue weighted by atomic mass is 79.9. The van der Waals surface area contributed by atoms with E-state index in [1.807, 2.05) is 24.3 Å². The van der Waals surface area contributed by atoms with E-state index in [1.54, 1.807) is 6.07 Å². The summed E-state index contributed by atoms with van der Waals surface area (Å²) in [7, 11) is 0. The molecule has 0 bridgehead atoms. The predicted octanol–water partition coefficient (Wildman–Crippen LogP) is 4.55. The maximum atomic E-state index is 13.2. The maximum Gasteiger partial charge on any atom is 0.150 e. The van der Waals surface area contributed by atoms with Gasteiger partial charge in [0.2, 0.25) is 0 Å². The lowest BCUT2D eigenvalue weighted by molar-refractivity contribution is 0.112. The van der Waals surface area contributed by atoms with Gasteiger partial charge in [0, 0.05) is 19.8 Å². The molecule has 86 valence electrons. The second-order valence-electron chi connectivity index (χ2n) is 3.39. The third-order valence-electron chi connectivity index (χ3n) is 2.08. The van der Waals surface area contributed by atoms with Crippen LogP contribution in [0.2, 0.25) is 0 Å². The summed E-state index contributed by atoms with van der Waals surface area (Å²) in [5, 5.41) is 0. The molecule has 0 atom stereocenters. The quantitative estimate of drug-likeness (QED) is 0.773. The summed E-state index contributed by atoms with van der Waals surface area (Å²) in [6.07, 6.45) is 0.648. The fourth-order valence-corrected chi connectivity index (χ4v) is 2.53. The molecule has 2 aromatic rings. The van der Waals surface area contributed by atoms with E-state index in [0.29, 0.717) is 11.8 Å². The Morgan fingerprint density at radius 2 is 1.76 bits per heavy atom. The van der Waals surface area contributed by atoms with Crippen LogP contribution in [0.5, 0.6) is 0 Å². The van der Waals surface area contributed by atoms with E-state index >= 15 is 0 Å². The van der Waals surface area contributed by atoms with Gasteiger partial charge in [-0.05, 0) is 42.5 Å². The van der Waals surface area contributed by atoms with E-state index in [2.05, 4.69) is 15.9 Å². The van der Waals surface area contributed by atoms with Crippen LogP contribution in [0.4, 0.5) is 4.39 Å². The van der Waals surface area contributed by atoms with E-state index in [0.717, 1.165) is 14.3 Å². The first-order chi connectivity index (χ1) is 8.17. The minimum Gasteiger partial charge on any atom is -0.298 e. The second kappa shape index (κ2) is 5.47. The Hall–Kier alpha value is -1.13. The van der Waals surface area contributed by atoms with Crippen LogP contribution in [-0.2, 0) is 0 Å². The van der Waals surface area contributed by atoms with Crippen molar-refractivity contribution >= 4 is 34.0 Å². The minimum absolute atomic E-state index is 0.351. The Bertz CT molecular complexity index is 540. The predicted molar refractivity (Wildman–Crippen MR) is 70.1 cm³/mol. The van der Waals surface area contributed by atoms with E-state index < -0.39 is 5.82 Å². The van der Waals surface area contributed by atoms with Gasteiger partial charge in [0.25, 0.3) is 0 Å². The Morgan fingerprint density at radius 3 is 2.41 bits per heavy atom. The van der Waals surface area contributed by atoms with E-state index in [-0.39, 0.29) is 0 Å². The number of aldehydes is 1. The van der Waals surface area contributed by atoms with Crippen molar-refractivity contribution in [1.82, 2.24) is 0 Å². The normalized spacial score (nSPS) is 10.2. The number of halogens is 2. The summed E-state index contributed by atoms with van der Waals surface area (Å²) >= 11 is 4.77. The molecule has 0 N–H and O–H groups in total. The van der Waals surface area contributed by atoms with Crippen molar-refractivity contribution in [2.75, 3.05) is 0 Å². The molecule has 1 nitrogen and oxygen atoms in total.